The second kappa shape index (κ2) is 5.96. The number of hydrogen-bond acceptors (Lipinski definition) is 2. The van der Waals surface area contributed by atoms with Crippen LogP contribution in [0.15, 0.2) is 0 Å². The van der Waals surface area contributed by atoms with E-state index in [0.717, 1.165) is 6.04 Å². The second-order valence-electron chi connectivity index (χ2n) is 9.00. The van der Waals surface area contributed by atoms with Crippen molar-refractivity contribution in [2.75, 3.05) is 13.6 Å². The molecule has 2 heteroatoms. The Bertz CT molecular complexity index is 311. The fraction of sp³-hybridized carbons (Fsp3) is 1.00. The first-order valence-corrected chi connectivity index (χ1v) is 8.67. The van der Waals surface area contributed by atoms with Crippen molar-refractivity contribution in [3.63, 3.8) is 0 Å². The molecule has 0 saturated heterocycles. The first kappa shape index (κ1) is 16.3. The Morgan fingerprint density at radius 3 is 2.20 bits per heavy atom. The highest BCUT2D eigenvalue weighted by Gasteiger charge is 2.38. The normalized spacial score (nSPS) is 34.4. The van der Waals surface area contributed by atoms with Crippen molar-refractivity contribution in [3.05, 3.63) is 0 Å². The molecule has 0 amide bonds. The first-order valence-electron chi connectivity index (χ1n) is 8.67. The first-order chi connectivity index (χ1) is 9.21. The summed E-state index contributed by atoms with van der Waals surface area (Å²) in [6, 6.07) is 1.17. The molecular weight excluding hydrogens is 244 g/mol. The lowest BCUT2D eigenvalue weighted by molar-refractivity contribution is 0.0719. The molecule has 0 aromatic heterocycles. The van der Waals surface area contributed by atoms with E-state index in [9.17, 15) is 0 Å². The Morgan fingerprint density at radius 1 is 1.00 bits per heavy atom. The van der Waals surface area contributed by atoms with Gasteiger partial charge in [-0.25, -0.2) is 0 Å². The summed E-state index contributed by atoms with van der Waals surface area (Å²) in [6.07, 6.45) is 9.48. The second-order valence-corrected chi connectivity index (χ2v) is 9.00. The summed E-state index contributed by atoms with van der Waals surface area (Å²) >= 11 is 0. The summed E-state index contributed by atoms with van der Waals surface area (Å²) in [7, 11) is 2.33. The van der Waals surface area contributed by atoms with E-state index in [4.69, 9.17) is 5.73 Å². The van der Waals surface area contributed by atoms with Crippen molar-refractivity contribution in [1.29, 1.82) is 0 Å². The maximum absolute atomic E-state index is 6.55. The van der Waals surface area contributed by atoms with Crippen LogP contribution in [-0.4, -0.2) is 30.6 Å². The van der Waals surface area contributed by atoms with E-state index in [1.54, 1.807) is 0 Å². The predicted octanol–water partition coefficient (Wildman–Crippen LogP) is 4.04. The standard InChI is InChI=1S/C18H36N2/c1-17(2)11-8-15(9-12-17)20(5)13-14-7-6-10-18(3,4)16(14)19/h14-16H,6-13,19H2,1-5H3. The molecule has 2 N–H and O–H groups in total. The number of nitrogens with two attached hydrogens (primary N) is 1. The van der Waals surface area contributed by atoms with Gasteiger partial charge in [0.25, 0.3) is 0 Å². The number of nitrogens with zero attached hydrogens (tertiary/aromatic N) is 1. The fourth-order valence-electron chi connectivity index (χ4n) is 4.35. The highest BCUT2D eigenvalue weighted by atomic mass is 15.1. The summed E-state index contributed by atoms with van der Waals surface area (Å²) in [5.41, 5.74) is 7.45. The van der Waals surface area contributed by atoms with Crippen molar-refractivity contribution < 1.29 is 0 Å². The van der Waals surface area contributed by atoms with Gasteiger partial charge in [-0.15, -0.1) is 0 Å². The summed E-state index contributed by atoms with van der Waals surface area (Å²) in [6.45, 7) is 10.8. The third-order valence-electron chi connectivity index (χ3n) is 6.26. The van der Waals surface area contributed by atoms with Crippen LogP contribution in [0.2, 0.25) is 0 Å². The Kier molecular flexibility index (Phi) is 4.86. The summed E-state index contributed by atoms with van der Waals surface area (Å²) in [5.74, 6) is 0.693. The van der Waals surface area contributed by atoms with Crippen LogP contribution < -0.4 is 5.73 Å². The molecule has 118 valence electrons. The monoisotopic (exact) mass is 280 g/mol. The topological polar surface area (TPSA) is 29.3 Å². The van der Waals surface area contributed by atoms with Gasteiger partial charge < -0.3 is 10.6 Å². The molecule has 0 aromatic rings. The molecule has 2 fully saturated rings. The summed E-state index contributed by atoms with van der Waals surface area (Å²) in [5, 5.41) is 0. The Labute approximate surface area is 126 Å². The van der Waals surface area contributed by atoms with E-state index in [1.807, 2.05) is 0 Å². The minimum atomic E-state index is 0.332. The molecular formula is C18H36N2. The van der Waals surface area contributed by atoms with Crippen LogP contribution in [0.3, 0.4) is 0 Å². The van der Waals surface area contributed by atoms with Crippen LogP contribution in [0.1, 0.15) is 72.6 Å². The van der Waals surface area contributed by atoms with Gasteiger partial charge in [-0.05, 0) is 62.3 Å². The lowest BCUT2D eigenvalue weighted by Gasteiger charge is -2.45. The predicted molar refractivity (Wildman–Crippen MR) is 87.8 cm³/mol. The molecule has 2 nitrogen and oxygen atoms in total. The average molecular weight is 281 g/mol. The molecule has 0 spiro atoms. The third kappa shape index (κ3) is 3.76. The smallest absolute Gasteiger partial charge is 0.0131 e. The Hall–Kier alpha value is -0.0800. The highest BCUT2D eigenvalue weighted by Crippen LogP contribution is 2.40. The quantitative estimate of drug-likeness (QED) is 0.845. The SMILES string of the molecule is CN(CC1CCCC(C)(C)C1N)C1CCC(C)(C)CC1. The van der Waals surface area contributed by atoms with E-state index in [2.05, 4.69) is 39.6 Å². The van der Waals surface area contributed by atoms with Gasteiger partial charge in [-0.3, -0.25) is 0 Å². The van der Waals surface area contributed by atoms with E-state index >= 15 is 0 Å². The van der Waals surface area contributed by atoms with Gasteiger partial charge in [-0.1, -0.05) is 34.1 Å². The van der Waals surface area contributed by atoms with Gasteiger partial charge in [-0.2, -0.15) is 0 Å². The van der Waals surface area contributed by atoms with Gasteiger partial charge >= 0.3 is 0 Å². The minimum absolute atomic E-state index is 0.332. The van der Waals surface area contributed by atoms with Gasteiger partial charge in [0.2, 0.25) is 0 Å². The van der Waals surface area contributed by atoms with Gasteiger partial charge in [0.15, 0.2) is 0 Å². The minimum Gasteiger partial charge on any atom is -0.327 e. The molecule has 0 aliphatic heterocycles. The van der Waals surface area contributed by atoms with Crippen LogP contribution in [0.5, 0.6) is 0 Å². The van der Waals surface area contributed by atoms with Crippen LogP contribution in [0, 0.1) is 16.7 Å². The molecule has 0 radical (unpaired) electrons. The molecule has 2 aliphatic carbocycles. The van der Waals surface area contributed by atoms with E-state index in [-0.39, 0.29) is 0 Å². The largest absolute Gasteiger partial charge is 0.327 e. The Balaban J connectivity index is 1.87. The average Bonchev–Trinajstić information content (AvgIpc) is 2.34. The van der Waals surface area contributed by atoms with Crippen LogP contribution >= 0.6 is 0 Å². The fourth-order valence-corrected chi connectivity index (χ4v) is 4.35. The summed E-state index contributed by atoms with van der Waals surface area (Å²) < 4.78 is 0. The van der Waals surface area contributed by atoms with Crippen molar-refractivity contribution in [3.8, 4) is 0 Å². The molecule has 2 rings (SSSR count). The molecule has 0 heterocycles. The lowest BCUT2D eigenvalue weighted by atomic mass is 9.68. The molecule has 2 aliphatic rings. The molecule has 20 heavy (non-hydrogen) atoms. The van der Waals surface area contributed by atoms with E-state index in [1.165, 1.54) is 51.5 Å². The van der Waals surface area contributed by atoms with Crippen molar-refractivity contribution in [1.82, 2.24) is 4.90 Å². The van der Waals surface area contributed by atoms with Crippen molar-refractivity contribution in [2.24, 2.45) is 22.5 Å². The molecule has 0 aromatic carbocycles. The molecule has 0 bridgehead atoms. The lowest BCUT2D eigenvalue weighted by Crippen LogP contribution is -2.51. The maximum atomic E-state index is 6.55. The zero-order valence-corrected chi connectivity index (χ0v) is 14.4. The van der Waals surface area contributed by atoms with Gasteiger partial charge in [0, 0.05) is 18.6 Å². The number of hydrogen-bond donors (Lipinski definition) is 1. The maximum Gasteiger partial charge on any atom is 0.0131 e. The van der Waals surface area contributed by atoms with Crippen molar-refractivity contribution in [2.45, 2.75) is 84.7 Å². The van der Waals surface area contributed by atoms with E-state index in [0.29, 0.717) is 22.8 Å². The Morgan fingerprint density at radius 2 is 1.60 bits per heavy atom. The summed E-state index contributed by atoms with van der Waals surface area (Å²) in [4.78, 5) is 2.63. The number of rotatable bonds is 3. The van der Waals surface area contributed by atoms with E-state index < -0.39 is 0 Å². The zero-order valence-electron chi connectivity index (χ0n) is 14.4. The van der Waals surface area contributed by atoms with Gasteiger partial charge in [0.05, 0.1) is 0 Å². The highest BCUT2D eigenvalue weighted by molar-refractivity contribution is 4.93. The van der Waals surface area contributed by atoms with Crippen molar-refractivity contribution >= 4 is 0 Å². The zero-order chi connectivity index (χ0) is 15.0. The third-order valence-corrected chi connectivity index (χ3v) is 6.26. The molecule has 2 saturated carbocycles. The molecule has 2 unspecified atom stereocenters. The van der Waals surface area contributed by atoms with Gasteiger partial charge in [0.1, 0.15) is 0 Å². The van der Waals surface area contributed by atoms with Crippen LogP contribution in [0.4, 0.5) is 0 Å². The van der Waals surface area contributed by atoms with Crippen LogP contribution in [-0.2, 0) is 0 Å². The molecule has 2 atom stereocenters. The van der Waals surface area contributed by atoms with Crippen LogP contribution in [0.25, 0.3) is 0 Å².